The minimum atomic E-state index is 0.711. The molecule has 0 unspecified atom stereocenters. The van der Waals surface area contributed by atoms with Crippen molar-refractivity contribution < 1.29 is 0 Å². The second kappa shape index (κ2) is 4.35. The van der Waals surface area contributed by atoms with E-state index in [0.29, 0.717) is 6.54 Å². The van der Waals surface area contributed by atoms with E-state index in [2.05, 4.69) is 31.4 Å². The van der Waals surface area contributed by atoms with E-state index in [1.807, 2.05) is 24.3 Å². The summed E-state index contributed by atoms with van der Waals surface area (Å²) in [5.41, 5.74) is 8.44. The highest BCUT2D eigenvalue weighted by molar-refractivity contribution is 9.10. The van der Waals surface area contributed by atoms with Crippen molar-refractivity contribution in [3.63, 3.8) is 0 Å². The normalized spacial score (nSPS) is 10.2. The first-order valence-electron chi connectivity index (χ1n) is 4.53. The summed E-state index contributed by atoms with van der Waals surface area (Å²) in [5.74, 6) is 0. The quantitative estimate of drug-likeness (QED) is 0.748. The number of anilines is 2. The van der Waals surface area contributed by atoms with E-state index in [9.17, 15) is 0 Å². The predicted molar refractivity (Wildman–Crippen MR) is 64.5 cm³/mol. The number of benzene rings is 1. The summed E-state index contributed by atoms with van der Waals surface area (Å²) in [5, 5.41) is 10.0. The number of nitrogen functional groups attached to an aromatic ring is 1. The Balaban J connectivity index is 2.05. The van der Waals surface area contributed by atoms with Gasteiger partial charge in [-0.25, -0.2) is 0 Å². The average molecular weight is 267 g/mol. The van der Waals surface area contributed by atoms with E-state index < -0.39 is 0 Å². The second-order valence-electron chi connectivity index (χ2n) is 3.17. The van der Waals surface area contributed by atoms with E-state index >= 15 is 0 Å². The third-order valence-corrected chi connectivity index (χ3v) is 2.68. The van der Waals surface area contributed by atoms with Crippen LogP contribution in [0.2, 0.25) is 0 Å². The van der Waals surface area contributed by atoms with Crippen molar-refractivity contribution in [2.24, 2.45) is 0 Å². The van der Waals surface area contributed by atoms with Crippen LogP contribution < -0.4 is 11.1 Å². The number of aromatic amines is 1. The van der Waals surface area contributed by atoms with Gasteiger partial charge in [0.25, 0.3) is 0 Å². The first-order valence-corrected chi connectivity index (χ1v) is 5.32. The number of H-pyrrole nitrogens is 1. The summed E-state index contributed by atoms with van der Waals surface area (Å²) in [6.45, 7) is 0.711. The highest BCUT2D eigenvalue weighted by Gasteiger charge is 2.00. The maximum Gasteiger partial charge on any atom is 0.0568 e. The molecule has 0 saturated heterocycles. The topological polar surface area (TPSA) is 66.7 Å². The average Bonchev–Trinajstić information content (AvgIpc) is 2.69. The highest BCUT2D eigenvalue weighted by atomic mass is 79.9. The van der Waals surface area contributed by atoms with Gasteiger partial charge >= 0.3 is 0 Å². The summed E-state index contributed by atoms with van der Waals surface area (Å²) in [4.78, 5) is 0. The van der Waals surface area contributed by atoms with Crippen LogP contribution in [0.15, 0.2) is 34.9 Å². The van der Waals surface area contributed by atoms with Crippen LogP contribution in [0, 0.1) is 0 Å². The molecule has 5 heteroatoms. The third-order valence-electron chi connectivity index (χ3n) is 2.02. The van der Waals surface area contributed by atoms with Crippen molar-refractivity contribution >= 4 is 27.3 Å². The van der Waals surface area contributed by atoms with Gasteiger partial charge in [-0.1, -0.05) is 0 Å². The molecule has 0 aliphatic carbocycles. The number of nitrogens with two attached hydrogens (primary N) is 1. The molecule has 0 spiro atoms. The van der Waals surface area contributed by atoms with Crippen molar-refractivity contribution in [2.75, 3.05) is 11.1 Å². The van der Waals surface area contributed by atoms with Crippen LogP contribution in [0.3, 0.4) is 0 Å². The lowest BCUT2D eigenvalue weighted by atomic mass is 10.3. The van der Waals surface area contributed by atoms with Crippen molar-refractivity contribution in [3.8, 4) is 0 Å². The van der Waals surface area contributed by atoms with E-state index in [0.717, 1.165) is 21.5 Å². The molecule has 15 heavy (non-hydrogen) atoms. The highest BCUT2D eigenvalue weighted by Crippen LogP contribution is 2.24. The lowest BCUT2D eigenvalue weighted by molar-refractivity contribution is 0.981. The summed E-state index contributed by atoms with van der Waals surface area (Å²) < 4.78 is 0.960. The van der Waals surface area contributed by atoms with Gasteiger partial charge in [0.05, 0.1) is 12.2 Å². The fraction of sp³-hybridized carbons (Fsp3) is 0.100. The van der Waals surface area contributed by atoms with E-state index in [4.69, 9.17) is 5.73 Å². The number of halogens is 1. The first kappa shape index (κ1) is 10.0. The van der Waals surface area contributed by atoms with Gasteiger partial charge < -0.3 is 11.1 Å². The smallest absolute Gasteiger partial charge is 0.0568 e. The maximum absolute atomic E-state index is 5.64. The Labute approximate surface area is 96.0 Å². The van der Waals surface area contributed by atoms with Gasteiger partial charge in [-0.05, 0) is 40.2 Å². The zero-order valence-electron chi connectivity index (χ0n) is 8.00. The molecule has 4 N–H and O–H groups in total. The molecule has 0 amide bonds. The van der Waals surface area contributed by atoms with Crippen LogP contribution in [0.4, 0.5) is 11.4 Å². The molecule has 78 valence electrons. The Morgan fingerprint density at radius 2 is 2.27 bits per heavy atom. The van der Waals surface area contributed by atoms with Crippen LogP contribution in [-0.4, -0.2) is 10.2 Å². The zero-order valence-corrected chi connectivity index (χ0v) is 9.58. The van der Waals surface area contributed by atoms with Crippen LogP contribution >= 0.6 is 15.9 Å². The van der Waals surface area contributed by atoms with Gasteiger partial charge in [0.15, 0.2) is 0 Å². The van der Waals surface area contributed by atoms with Gasteiger partial charge in [-0.15, -0.1) is 0 Å². The molecule has 1 aromatic heterocycles. The Kier molecular flexibility index (Phi) is 2.91. The summed E-state index contributed by atoms with van der Waals surface area (Å²) in [6.07, 6.45) is 1.73. The van der Waals surface area contributed by atoms with Crippen molar-refractivity contribution in [1.29, 1.82) is 0 Å². The van der Waals surface area contributed by atoms with Gasteiger partial charge in [0, 0.05) is 22.0 Å². The van der Waals surface area contributed by atoms with Crippen LogP contribution in [0.5, 0.6) is 0 Å². The Bertz CT molecular complexity index is 439. The Hall–Kier alpha value is -1.49. The minimum Gasteiger partial charge on any atom is -0.399 e. The Morgan fingerprint density at radius 3 is 2.93 bits per heavy atom. The number of nitrogens with one attached hydrogen (secondary N) is 2. The summed E-state index contributed by atoms with van der Waals surface area (Å²) >= 11 is 3.44. The maximum atomic E-state index is 5.64. The molecular weight excluding hydrogens is 256 g/mol. The number of aromatic nitrogens is 2. The largest absolute Gasteiger partial charge is 0.399 e. The van der Waals surface area contributed by atoms with Crippen molar-refractivity contribution in [3.05, 3.63) is 40.6 Å². The van der Waals surface area contributed by atoms with Crippen molar-refractivity contribution in [1.82, 2.24) is 10.2 Å². The van der Waals surface area contributed by atoms with Gasteiger partial charge in [-0.3, -0.25) is 5.10 Å². The lowest BCUT2D eigenvalue weighted by Gasteiger charge is -2.07. The molecule has 0 radical (unpaired) electrons. The molecule has 0 saturated carbocycles. The monoisotopic (exact) mass is 266 g/mol. The molecule has 0 fully saturated rings. The van der Waals surface area contributed by atoms with E-state index in [-0.39, 0.29) is 0 Å². The zero-order chi connectivity index (χ0) is 10.7. The molecule has 0 aliphatic rings. The standard InChI is InChI=1S/C10H11BrN4/c11-9-5-7(12)1-2-10(9)13-6-8-3-4-14-15-8/h1-5,13H,6,12H2,(H,14,15). The molecule has 0 atom stereocenters. The second-order valence-corrected chi connectivity index (χ2v) is 4.03. The van der Waals surface area contributed by atoms with E-state index in [1.54, 1.807) is 6.20 Å². The van der Waals surface area contributed by atoms with Crippen LogP contribution in [0.25, 0.3) is 0 Å². The molecule has 4 nitrogen and oxygen atoms in total. The number of rotatable bonds is 3. The van der Waals surface area contributed by atoms with Crippen LogP contribution in [0.1, 0.15) is 5.69 Å². The van der Waals surface area contributed by atoms with Gasteiger partial charge in [0.1, 0.15) is 0 Å². The number of hydrogen-bond donors (Lipinski definition) is 3. The summed E-state index contributed by atoms with van der Waals surface area (Å²) in [7, 11) is 0. The van der Waals surface area contributed by atoms with E-state index in [1.165, 1.54) is 0 Å². The van der Waals surface area contributed by atoms with Crippen molar-refractivity contribution in [2.45, 2.75) is 6.54 Å². The predicted octanol–water partition coefficient (Wildman–Crippen LogP) is 2.37. The molecule has 2 aromatic rings. The minimum absolute atomic E-state index is 0.711. The fourth-order valence-electron chi connectivity index (χ4n) is 1.25. The lowest BCUT2D eigenvalue weighted by Crippen LogP contribution is -2.00. The SMILES string of the molecule is Nc1ccc(NCc2ccn[nH]2)c(Br)c1. The Morgan fingerprint density at radius 1 is 1.40 bits per heavy atom. The molecule has 2 rings (SSSR count). The molecule has 1 heterocycles. The van der Waals surface area contributed by atoms with Gasteiger partial charge in [-0.2, -0.15) is 5.10 Å². The molecule has 1 aromatic carbocycles. The van der Waals surface area contributed by atoms with Crippen LogP contribution in [-0.2, 0) is 6.54 Å². The molecule has 0 bridgehead atoms. The molecule has 0 aliphatic heterocycles. The first-order chi connectivity index (χ1) is 7.25. The van der Waals surface area contributed by atoms with Gasteiger partial charge in [0.2, 0.25) is 0 Å². The fourth-order valence-corrected chi connectivity index (χ4v) is 1.78. The molecular formula is C10H11BrN4. The number of hydrogen-bond acceptors (Lipinski definition) is 3. The summed E-state index contributed by atoms with van der Waals surface area (Å²) in [6, 6.07) is 7.60. The third kappa shape index (κ3) is 2.50. The number of nitrogens with zero attached hydrogens (tertiary/aromatic N) is 1.